The maximum Gasteiger partial charge on any atom is 0.355 e. The summed E-state index contributed by atoms with van der Waals surface area (Å²) in [6.45, 7) is 0. The van der Waals surface area contributed by atoms with E-state index in [0.717, 1.165) is 17.0 Å². The summed E-state index contributed by atoms with van der Waals surface area (Å²) in [5.74, 6) is -2.96. The van der Waals surface area contributed by atoms with Gasteiger partial charge in [-0.3, -0.25) is 0 Å². The number of benzene rings is 1. The summed E-state index contributed by atoms with van der Waals surface area (Å²) in [5.41, 5.74) is -0.409. The number of carbonyl (C=O) groups is 2. The summed E-state index contributed by atoms with van der Waals surface area (Å²) >= 11 is 22.6. The summed E-state index contributed by atoms with van der Waals surface area (Å²) in [6, 6.07) is 10.3. The SMILES string of the molecule is Clc1cc(Cl)c2ccccc2n1.O=C(O)c1nc(Cl)cc(Cl)c1C(=O)O. The first kappa shape index (κ1) is 20.2. The molecule has 2 N–H and O–H groups in total. The minimum atomic E-state index is -1.49. The number of fused-ring (bicyclic) bond motifs is 1. The molecule has 0 aliphatic heterocycles. The molecule has 0 fully saturated rings. The lowest BCUT2D eigenvalue weighted by Crippen LogP contribution is -2.11. The Morgan fingerprint density at radius 3 is 2.00 bits per heavy atom. The molecule has 10 heteroatoms. The molecule has 0 saturated carbocycles. The molecule has 0 spiro atoms. The maximum atomic E-state index is 10.6. The number of hydrogen-bond acceptors (Lipinski definition) is 4. The molecule has 0 bridgehead atoms. The molecule has 1 aromatic carbocycles. The minimum Gasteiger partial charge on any atom is -0.478 e. The number of aromatic nitrogens is 2. The van der Waals surface area contributed by atoms with Crippen LogP contribution in [-0.4, -0.2) is 32.1 Å². The Bertz CT molecular complexity index is 1010. The number of para-hydroxylation sites is 1. The predicted molar refractivity (Wildman–Crippen MR) is 99.9 cm³/mol. The van der Waals surface area contributed by atoms with E-state index in [4.69, 9.17) is 56.6 Å². The Labute approximate surface area is 166 Å². The maximum absolute atomic E-state index is 10.6. The highest BCUT2D eigenvalue weighted by atomic mass is 35.5. The second-order valence-corrected chi connectivity index (χ2v) is 6.29. The molecule has 0 amide bonds. The van der Waals surface area contributed by atoms with E-state index < -0.39 is 23.2 Å². The number of pyridine rings is 2. The molecule has 0 unspecified atom stereocenters. The van der Waals surface area contributed by atoms with E-state index in [1.165, 1.54) is 0 Å². The van der Waals surface area contributed by atoms with Gasteiger partial charge >= 0.3 is 11.9 Å². The van der Waals surface area contributed by atoms with Crippen LogP contribution in [0.3, 0.4) is 0 Å². The number of aromatic carboxylic acids is 2. The van der Waals surface area contributed by atoms with Gasteiger partial charge < -0.3 is 10.2 Å². The van der Waals surface area contributed by atoms with Gasteiger partial charge in [0.2, 0.25) is 0 Å². The Morgan fingerprint density at radius 1 is 0.808 bits per heavy atom. The van der Waals surface area contributed by atoms with Crippen LogP contribution in [0.25, 0.3) is 10.9 Å². The average molecular weight is 434 g/mol. The second-order valence-electron chi connectivity index (χ2n) is 4.70. The van der Waals surface area contributed by atoms with E-state index in [-0.39, 0.29) is 10.2 Å². The third kappa shape index (κ3) is 4.74. The number of carboxylic acids is 2. The first-order chi connectivity index (χ1) is 12.2. The zero-order valence-electron chi connectivity index (χ0n) is 12.6. The molecular weight excluding hydrogens is 426 g/mol. The molecule has 2 aromatic heterocycles. The number of hydrogen-bond donors (Lipinski definition) is 2. The van der Waals surface area contributed by atoms with Gasteiger partial charge in [-0.15, -0.1) is 0 Å². The van der Waals surface area contributed by atoms with Crippen molar-refractivity contribution in [3.8, 4) is 0 Å². The molecular formula is C16H8Cl4N2O4. The van der Waals surface area contributed by atoms with Gasteiger partial charge in [-0.1, -0.05) is 64.6 Å². The topological polar surface area (TPSA) is 100 Å². The van der Waals surface area contributed by atoms with Crippen molar-refractivity contribution in [1.29, 1.82) is 0 Å². The molecule has 134 valence electrons. The monoisotopic (exact) mass is 432 g/mol. The van der Waals surface area contributed by atoms with Crippen LogP contribution in [0.5, 0.6) is 0 Å². The Hall–Kier alpha value is -2.12. The molecule has 0 saturated heterocycles. The van der Waals surface area contributed by atoms with E-state index in [0.29, 0.717) is 10.2 Å². The molecule has 3 aromatic rings. The normalized spacial score (nSPS) is 10.2. The fraction of sp³-hybridized carbons (Fsp3) is 0. The molecule has 0 radical (unpaired) electrons. The average Bonchev–Trinajstić information content (AvgIpc) is 2.54. The van der Waals surface area contributed by atoms with Crippen LogP contribution in [0, 0.1) is 0 Å². The Balaban J connectivity index is 0.000000189. The van der Waals surface area contributed by atoms with E-state index in [1.807, 2.05) is 24.3 Å². The number of nitrogens with zero attached hydrogens (tertiary/aromatic N) is 2. The summed E-state index contributed by atoms with van der Waals surface area (Å²) in [6.07, 6.45) is 0. The second kappa shape index (κ2) is 8.51. The Morgan fingerprint density at radius 2 is 1.38 bits per heavy atom. The highest BCUT2D eigenvalue weighted by Crippen LogP contribution is 2.24. The van der Waals surface area contributed by atoms with Gasteiger partial charge in [-0.25, -0.2) is 19.6 Å². The first-order valence-corrected chi connectivity index (χ1v) is 8.25. The van der Waals surface area contributed by atoms with E-state index in [9.17, 15) is 9.59 Å². The van der Waals surface area contributed by atoms with E-state index >= 15 is 0 Å². The lowest BCUT2D eigenvalue weighted by atomic mass is 10.2. The van der Waals surface area contributed by atoms with Gasteiger partial charge in [0.25, 0.3) is 0 Å². The van der Waals surface area contributed by atoms with Crippen LogP contribution in [-0.2, 0) is 0 Å². The van der Waals surface area contributed by atoms with Crippen LogP contribution < -0.4 is 0 Å². The van der Waals surface area contributed by atoms with Crippen molar-refractivity contribution in [2.75, 3.05) is 0 Å². The lowest BCUT2D eigenvalue weighted by molar-refractivity contribution is 0.0646. The number of halogens is 4. The zero-order chi connectivity index (χ0) is 19.4. The van der Waals surface area contributed by atoms with Crippen LogP contribution in [0.2, 0.25) is 20.4 Å². The fourth-order valence-corrected chi connectivity index (χ4v) is 2.99. The number of carboxylic acid groups (broad SMARTS) is 2. The first-order valence-electron chi connectivity index (χ1n) is 6.74. The van der Waals surface area contributed by atoms with Crippen LogP contribution >= 0.6 is 46.4 Å². The third-order valence-corrected chi connectivity index (χ3v) is 3.99. The van der Waals surface area contributed by atoms with Crippen molar-refractivity contribution in [2.24, 2.45) is 0 Å². The Kier molecular flexibility index (Phi) is 6.61. The summed E-state index contributed by atoms with van der Waals surface area (Å²) in [4.78, 5) is 28.7. The van der Waals surface area contributed by atoms with Gasteiger partial charge in [0, 0.05) is 5.39 Å². The summed E-state index contributed by atoms with van der Waals surface area (Å²) < 4.78 is 0. The highest BCUT2D eigenvalue weighted by Gasteiger charge is 2.22. The molecule has 26 heavy (non-hydrogen) atoms. The van der Waals surface area contributed by atoms with E-state index in [2.05, 4.69) is 9.97 Å². The van der Waals surface area contributed by atoms with Crippen molar-refractivity contribution in [1.82, 2.24) is 9.97 Å². The minimum absolute atomic E-state index is 0.169. The lowest BCUT2D eigenvalue weighted by Gasteiger charge is -2.02. The van der Waals surface area contributed by atoms with Gasteiger partial charge in [0.05, 0.1) is 15.6 Å². The quantitative estimate of drug-likeness (QED) is 0.530. The van der Waals surface area contributed by atoms with Crippen LogP contribution in [0.1, 0.15) is 20.8 Å². The predicted octanol–water partition coefficient (Wildman–Crippen LogP) is 5.33. The van der Waals surface area contributed by atoms with Gasteiger partial charge in [-0.2, -0.15) is 0 Å². The van der Waals surface area contributed by atoms with Gasteiger partial charge in [0.1, 0.15) is 15.9 Å². The largest absolute Gasteiger partial charge is 0.478 e. The van der Waals surface area contributed by atoms with Gasteiger partial charge in [0.15, 0.2) is 5.69 Å². The molecule has 0 aliphatic rings. The van der Waals surface area contributed by atoms with Crippen LogP contribution in [0.15, 0.2) is 36.4 Å². The smallest absolute Gasteiger partial charge is 0.355 e. The van der Waals surface area contributed by atoms with E-state index in [1.54, 1.807) is 6.07 Å². The standard InChI is InChI=1S/C9H5Cl2N.C7H3Cl2NO4/c10-7-5-9(11)12-8-4-2-1-3-6(7)8;8-2-1-3(9)10-5(7(13)14)4(2)6(11)12/h1-5H;1H,(H,11,12)(H,13,14). The van der Waals surface area contributed by atoms with Crippen molar-refractivity contribution >= 4 is 69.2 Å². The summed E-state index contributed by atoms with van der Waals surface area (Å²) in [7, 11) is 0. The molecule has 2 heterocycles. The number of rotatable bonds is 2. The molecule has 0 aliphatic carbocycles. The third-order valence-electron chi connectivity index (χ3n) is 2.99. The van der Waals surface area contributed by atoms with Crippen molar-refractivity contribution < 1.29 is 19.8 Å². The molecule has 6 nitrogen and oxygen atoms in total. The van der Waals surface area contributed by atoms with Crippen molar-refractivity contribution in [3.05, 3.63) is 68.0 Å². The van der Waals surface area contributed by atoms with Crippen LogP contribution in [0.4, 0.5) is 0 Å². The highest BCUT2D eigenvalue weighted by molar-refractivity contribution is 6.38. The zero-order valence-corrected chi connectivity index (χ0v) is 15.6. The van der Waals surface area contributed by atoms with Gasteiger partial charge in [-0.05, 0) is 18.2 Å². The fourth-order valence-electron chi connectivity index (χ4n) is 1.95. The molecule has 0 atom stereocenters. The van der Waals surface area contributed by atoms with Crippen molar-refractivity contribution in [3.63, 3.8) is 0 Å². The van der Waals surface area contributed by atoms with Crippen molar-refractivity contribution in [2.45, 2.75) is 0 Å². The summed E-state index contributed by atoms with van der Waals surface area (Å²) in [5, 5.41) is 18.9. The molecule has 3 rings (SSSR count).